The van der Waals surface area contributed by atoms with Gasteiger partial charge in [0.15, 0.2) is 6.29 Å². The lowest BCUT2D eigenvalue weighted by atomic mass is 9.99. The molecular formula is C54H107NO12S. The summed E-state index contributed by atoms with van der Waals surface area (Å²) in [5.74, 6) is -0.675. The molecule has 8 atom stereocenters. The predicted octanol–water partition coefficient (Wildman–Crippen LogP) is 11.9. The summed E-state index contributed by atoms with van der Waals surface area (Å²) in [4.78, 5) is 13.0. The number of unbranched alkanes of at least 4 members (excludes halogenated alkanes) is 37. The fourth-order valence-corrected chi connectivity index (χ4v) is 10.0. The van der Waals surface area contributed by atoms with E-state index in [1.807, 2.05) is 6.92 Å². The van der Waals surface area contributed by atoms with Gasteiger partial charge in [0.25, 0.3) is 0 Å². The predicted molar refractivity (Wildman–Crippen MR) is 275 cm³/mol. The van der Waals surface area contributed by atoms with E-state index in [1.165, 1.54) is 205 Å². The van der Waals surface area contributed by atoms with Gasteiger partial charge in [-0.05, 0) is 12.8 Å². The van der Waals surface area contributed by atoms with Gasteiger partial charge in [0, 0.05) is 0 Å². The van der Waals surface area contributed by atoms with E-state index >= 15 is 0 Å². The Balaban J connectivity index is 2.01. The molecule has 1 saturated heterocycles. The molecule has 0 aromatic carbocycles. The minimum atomic E-state index is -5.10. The van der Waals surface area contributed by atoms with Gasteiger partial charge in [0.1, 0.15) is 30.5 Å². The van der Waals surface area contributed by atoms with Gasteiger partial charge in [-0.1, -0.05) is 264 Å². The van der Waals surface area contributed by atoms with Gasteiger partial charge in [0.05, 0.1) is 25.4 Å². The van der Waals surface area contributed by atoms with Crippen LogP contribution in [-0.4, -0.2) is 107 Å². The van der Waals surface area contributed by atoms with E-state index in [-0.39, 0.29) is 6.42 Å². The minimum Gasteiger partial charge on any atom is -0.394 e. The van der Waals surface area contributed by atoms with E-state index in [0.717, 1.165) is 32.1 Å². The van der Waals surface area contributed by atoms with Crippen molar-refractivity contribution in [3.8, 4) is 0 Å². The second kappa shape index (κ2) is 44.7. The van der Waals surface area contributed by atoms with Crippen molar-refractivity contribution >= 4 is 16.3 Å². The van der Waals surface area contributed by atoms with Crippen LogP contribution in [0.3, 0.4) is 0 Å². The molecule has 14 heteroatoms. The Morgan fingerprint density at radius 3 is 1.19 bits per heavy atom. The van der Waals surface area contributed by atoms with Crippen molar-refractivity contribution in [2.75, 3.05) is 13.2 Å². The van der Waals surface area contributed by atoms with Crippen LogP contribution in [0, 0.1) is 0 Å². The highest BCUT2D eigenvalue weighted by Gasteiger charge is 2.48. The van der Waals surface area contributed by atoms with Crippen LogP contribution in [0.25, 0.3) is 0 Å². The molecule has 406 valence electrons. The van der Waals surface area contributed by atoms with Crippen LogP contribution in [0.1, 0.15) is 277 Å². The van der Waals surface area contributed by atoms with Crippen molar-refractivity contribution in [1.82, 2.24) is 5.32 Å². The van der Waals surface area contributed by atoms with Gasteiger partial charge in [-0.25, -0.2) is 4.18 Å². The Morgan fingerprint density at radius 2 is 0.853 bits per heavy atom. The Hall–Kier alpha value is -0.940. The second-order valence-electron chi connectivity index (χ2n) is 20.4. The number of ether oxygens (including phenoxy) is 2. The standard InChI is InChI=1S/C54H107NO12S/c1-3-5-7-8-9-10-11-12-13-14-15-16-17-18-19-20-21-22-23-24-25-26-27-28-29-30-31-32-33-34-35-36-37-38-39-41-43-48(58)53(61)55-46(47(57)42-40-6-4-2)45-65-54-51(60)52(67-68(62,63)64)50(59)49(44-56)66-54/h46-52,54,56-60H,3-45H2,1-2H3,(H,55,61)(H,62,63,64). The summed E-state index contributed by atoms with van der Waals surface area (Å²) >= 11 is 0. The highest BCUT2D eigenvalue weighted by Crippen LogP contribution is 2.26. The summed E-state index contributed by atoms with van der Waals surface area (Å²) in [6.07, 6.45) is 40.6. The third-order valence-corrected chi connectivity index (χ3v) is 14.5. The number of hydrogen-bond donors (Lipinski definition) is 7. The molecule has 0 radical (unpaired) electrons. The molecule has 0 aliphatic carbocycles. The van der Waals surface area contributed by atoms with Crippen molar-refractivity contribution in [2.24, 2.45) is 0 Å². The maximum atomic E-state index is 13.0. The monoisotopic (exact) mass is 994 g/mol. The Morgan fingerprint density at radius 1 is 0.529 bits per heavy atom. The number of carbonyl (C=O) groups is 1. The zero-order chi connectivity index (χ0) is 49.9. The number of amides is 1. The average molecular weight is 995 g/mol. The quantitative estimate of drug-likeness (QED) is 0.0224. The van der Waals surface area contributed by atoms with Gasteiger partial charge in [-0.15, -0.1) is 0 Å². The van der Waals surface area contributed by atoms with Crippen molar-refractivity contribution in [3.63, 3.8) is 0 Å². The molecule has 13 nitrogen and oxygen atoms in total. The summed E-state index contributed by atoms with van der Waals surface area (Å²) in [5.41, 5.74) is 0. The molecule has 7 N–H and O–H groups in total. The number of rotatable bonds is 50. The molecule has 0 aromatic rings. The molecule has 0 spiro atoms. The maximum absolute atomic E-state index is 13.0. The first-order valence-corrected chi connectivity index (χ1v) is 29.9. The van der Waals surface area contributed by atoms with Crippen molar-refractivity contribution in [3.05, 3.63) is 0 Å². The highest BCUT2D eigenvalue weighted by molar-refractivity contribution is 7.80. The van der Waals surface area contributed by atoms with E-state index in [4.69, 9.17) is 14.0 Å². The summed E-state index contributed by atoms with van der Waals surface area (Å²) in [7, 11) is -5.10. The topological polar surface area (TPSA) is 212 Å². The van der Waals surface area contributed by atoms with Gasteiger partial charge in [0.2, 0.25) is 5.91 Å². The third-order valence-electron chi connectivity index (χ3n) is 14.0. The fraction of sp³-hybridized carbons (Fsp3) is 0.981. The van der Waals surface area contributed by atoms with Crippen LogP contribution in [0.4, 0.5) is 0 Å². The summed E-state index contributed by atoms with van der Waals surface area (Å²) in [6, 6.07) is -1.02. The third kappa shape index (κ3) is 36.0. The molecule has 1 aliphatic rings. The maximum Gasteiger partial charge on any atom is 0.397 e. The lowest BCUT2D eigenvalue weighted by molar-refractivity contribution is -0.298. The number of aliphatic hydroxyl groups is 5. The van der Waals surface area contributed by atoms with Crippen LogP contribution < -0.4 is 5.32 Å². The minimum absolute atomic E-state index is 0.264. The van der Waals surface area contributed by atoms with E-state index in [0.29, 0.717) is 19.3 Å². The van der Waals surface area contributed by atoms with E-state index < -0.39 is 78.5 Å². The molecular weight excluding hydrogens is 887 g/mol. The first-order chi connectivity index (χ1) is 32.9. The molecule has 1 heterocycles. The molecule has 8 unspecified atom stereocenters. The lowest BCUT2D eigenvalue weighted by Gasteiger charge is -2.41. The Bertz CT molecular complexity index is 1230. The number of aliphatic hydroxyl groups excluding tert-OH is 5. The van der Waals surface area contributed by atoms with Gasteiger partial charge in [-0.3, -0.25) is 9.35 Å². The van der Waals surface area contributed by atoms with Crippen molar-refractivity contribution in [2.45, 2.75) is 326 Å². The summed E-state index contributed by atoms with van der Waals surface area (Å²) < 4.78 is 47.2. The molecule has 1 rings (SSSR count). The Labute approximate surface area is 416 Å². The molecule has 0 saturated carbocycles. The van der Waals surface area contributed by atoms with Crippen LogP contribution in [0.15, 0.2) is 0 Å². The van der Waals surface area contributed by atoms with E-state index in [9.17, 15) is 38.7 Å². The Kier molecular flexibility index (Phi) is 42.8. The van der Waals surface area contributed by atoms with E-state index in [1.54, 1.807) is 0 Å². The zero-order valence-corrected chi connectivity index (χ0v) is 44.4. The first-order valence-electron chi connectivity index (χ1n) is 28.5. The summed E-state index contributed by atoms with van der Waals surface area (Å²) in [5, 5.41) is 54.7. The zero-order valence-electron chi connectivity index (χ0n) is 43.6. The molecule has 1 aliphatic heterocycles. The number of carbonyl (C=O) groups excluding carboxylic acids is 1. The highest BCUT2D eigenvalue weighted by atomic mass is 32.3. The SMILES string of the molecule is CCCCCCCCCCCCCCCCCCCCCCCCCCCCCCCCCCCCCCC(O)C(=O)NC(COC1OC(CO)C(O)C(OS(=O)(=O)O)C1O)C(O)CCCCC. The molecule has 0 bridgehead atoms. The first kappa shape index (κ1) is 65.1. The van der Waals surface area contributed by atoms with Crippen LogP contribution >= 0.6 is 0 Å². The van der Waals surface area contributed by atoms with Gasteiger partial charge >= 0.3 is 10.4 Å². The molecule has 1 fully saturated rings. The largest absolute Gasteiger partial charge is 0.397 e. The molecule has 68 heavy (non-hydrogen) atoms. The molecule has 1 amide bonds. The normalized spacial score (nSPS) is 20.1. The lowest BCUT2D eigenvalue weighted by Crippen LogP contribution is -2.61. The number of nitrogens with one attached hydrogen (secondary N) is 1. The van der Waals surface area contributed by atoms with Gasteiger partial charge < -0.3 is 40.3 Å². The van der Waals surface area contributed by atoms with Crippen LogP contribution in [0.2, 0.25) is 0 Å². The second-order valence-corrected chi connectivity index (χ2v) is 21.4. The van der Waals surface area contributed by atoms with Crippen LogP contribution in [-0.2, 0) is 28.9 Å². The molecule has 0 aromatic heterocycles. The van der Waals surface area contributed by atoms with E-state index in [2.05, 4.69) is 16.4 Å². The number of hydrogen-bond acceptors (Lipinski definition) is 11. The fourth-order valence-electron chi connectivity index (χ4n) is 9.53. The van der Waals surface area contributed by atoms with Crippen molar-refractivity contribution in [1.29, 1.82) is 0 Å². The summed E-state index contributed by atoms with van der Waals surface area (Å²) in [6.45, 7) is 3.10. The smallest absolute Gasteiger partial charge is 0.394 e. The van der Waals surface area contributed by atoms with Crippen LogP contribution in [0.5, 0.6) is 0 Å². The van der Waals surface area contributed by atoms with Crippen molar-refractivity contribution < 1.29 is 57.0 Å². The average Bonchev–Trinajstić information content (AvgIpc) is 3.31. The van der Waals surface area contributed by atoms with Gasteiger partial charge in [-0.2, -0.15) is 8.42 Å².